The van der Waals surface area contributed by atoms with E-state index in [1.54, 1.807) is 6.92 Å². The average Bonchev–Trinajstić information content (AvgIpc) is 3.41. The van der Waals surface area contributed by atoms with Crippen molar-refractivity contribution in [2.24, 2.45) is 5.73 Å². The van der Waals surface area contributed by atoms with Gasteiger partial charge < -0.3 is 26.6 Å². The summed E-state index contributed by atoms with van der Waals surface area (Å²) in [4.78, 5) is 22.8. The van der Waals surface area contributed by atoms with E-state index in [0.29, 0.717) is 24.5 Å². The van der Waals surface area contributed by atoms with Gasteiger partial charge in [-0.15, -0.1) is 0 Å². The number of aliphatic hydroxyl groups is 1. The summed E-state index contributed by atoms with van der Waals surface area (Å²) in [6.45, 7) is 3.32. The minimum Gasteiger partial charge on any atom is -0.463 e. The molecule has 260 valence electrons. The van der Waals surface area contributed by atoms with E-state index in [1.165, 1.54) is 24.5 Å². The molecule has 3 rings (SSSR count). The van der Waals surface area contributed by atoms with Crippen LogP contribution >= 0.6 is 0 Å². The van der Waals surface area contributed by atoms with E-state index < -0.39 is 69.2 Å². The lowest BCUT2D eigenvalue weighted by molar-refractivity contribution is -0.137. The monoisotopic (exact) mass is 691 g/mol. The van der Waals surface area contributed by atoms with Gasteiger partial charge >= 0.3 is 12.3 Å². The van der Waals surface area contributed by atoms with Crippen LogP contribution in [0.2, 0.25) is 0 Å². The molecule has 0 saturated carbocycles. The number of benzene rings is 2. The van der Waals surface area contributed by atoms with Crippen molar-refractivity contribution >= 4 is 21.8 Å². The number of nitrogens with two attached hydrogens (primary N) is 1. The number of alkyl halides is 3. The molecule has 3 atom stereocenters. The van der Waals surface area contributed by atoms with Gasteiger partial charge in [-0.2, -0.15) is 23.0 Å². The summed E-state index contributed by atoms with van der Waals surface area (Å²) in [5.41, 5.74) is 6.20. The van der Waals surface area contributed by atoms with Gasteiger partial charge in [0.25, 0.3) is 0 Å². The summed E-state index contributed by atoms with van der Waals surface area (Å²) >= 11 is 0. The van der Waals surface area contributed by atoms with Gasteiger partial charge in [-0.25, -0.2) is 22.0 Å². The Labute approximate surface area is 268 Å². The number of hydrogen-bond acceptors (Lipinski definition) is 8. The van der Waals surface area contributed by atoms with E-state index in [1.807, 2.05) is 6.92 Å². The molecule has 3 aromatic rings. The minimum atomic E-state index is -4.52. The zero-order valence-corrected chi connectivity index (χ0v) is 26.5. The highest BCUT2D eigenvalue weighted by atomic mass is 32.2. The number of rotatable bonds is 14. The van der Waals surface area contributed by atoms with Crippen LogP contribution in [0.3, 0.4) is 0 Å². The minimum absolute atomic E-state index is 0.0502. The van der Waals surface area contributed by atoms with Gasteiger partial charge in [0.05, 0.1) is 41.5 Å². The fourth-order valence-corrected chi connectivity index (χ4v) is 5.83. The van der Waals surface area contributed by atoms with Crippen LogP contribution in [0.4, 0.5) is 26.7 Å². The number of sulfone groups is 1. The maximum Gasteiger partial charge on any atom is 0.432 e. The van der Waals surface area contributed by atoms with Gasteiger partial charge in [0.1, 0.15) is 11.6 Å². The summed E-state index contributed by atoms with van der Waals surface area (Å²) in [6.07, 6.45) is -3.21. The zero-order valence-electron chi connectivity index (χ0n) is 25.7. The molecular formula is C30H38F5N5O6S. The largest absolute Gasteiger partial charge is 0.463 e. The highest BCUT2D eigenvalue weighted by Crippen LogP contribution is 2.29. The molecule has 0 fully saturated rings. The Morgan fingerprint density at radius 3 is 2.28 bits per heavy atom. The molecule has 0 aliphatic carbocycles. The summed E-state index contributed by atoms with van der Waals surface area (Å²) in [6, 6.07) is 4.66. The molecule has 11 nitrogen and oxygen atoms in total. The first-order valence-corrected chi connectivity index (χ1v) is 16.2. The molecule has 2 aromatic carbocycles. The van der Waals surface area contributed by atoms with E-state index in [2.05, 4.69) is 15.7 Å². The summed E-state index contributed by atoms with van der Waals surface area (Å²) in [5, 5.41) is 27.8. The van der Waals surface area contributed by atoms with Crippen LogP contribution in [0.1, 0.15) is 42.0 Å². The number of nitrogens with one attached hydrogen (secondary N) is 2. The van der Waals surface area contributed by atoms with Crippen molar-refractivity contribution in [3.05, 3.63) is 88.7 Å². The molecule has 3 unspecified atom stereocenters. The number of carbonyl (C=O) groups excluding carboxylic acids is 1. The molecule has 1 heterocycles. The fraction of sp³-hybridized carbons (Fsp3) is 0.433. The Balaban J connectivity index is 0.000000731. The average molecular weight is 692 g/mol. The lowest BCUT2D eigenvalue weighted by atomic mass is 10.00. The number of hydrogen-bond donors (Lipinski definition) is 5. The predicted molar refractivity (Wildman–Crippen MR) is 163 cm³/mol. The number of amides is 1. The van der Waals surface area contributed by atoms with Gasteiger partial charge in [-0.3, -0.25) is 4.79 Å². The number of carbonyl (C=O) groups is 2. The van der Waals surface area contributed by atoms with Crippen LogP contribution in [0.5, 0.6) is 0 Å². The van der Waals surface area contributed by atoms with Gasteiger partial charge in [0, 0.05) is 25.4 Å². The highest BCUT2D eigenvalue weighted by Gasteiger charge is 2.30. The normalized spacial score (nSPS) is 13.6. The fourth-order valence-electron chi connectivity index (χ4n) is 4.23. The first-order chi connectivity index (χ1) is 21.9. The van der Waals surface area contributed by atoms with Crippen LogP contribution in [0.25, 0.3) is 0 Å². The van der Waals surface area contributed by atoms with E-state index in [-0.39, 0.29) is 30.8 Å². The first kappa shape index (κ1) is 39.2. The number of aliphatic hydroxyl groups excluding tert-OH is 1. The van der Waals surface area contributed by atoms with Crippen molar-refractivity contribution < 1.29 is 50.2 Å². The molecule has 6 N–H and O–H groups in total. The lowest BCUT2D eigenvalue weighted by Crippen LogP contribution is -2.54. The number of aromatic nitrogens is 2. The van der Waals surface area contributed by atoms with Crippen LogP contribution in [0.15, 0.2) is 54.9 Å². The highest BCUT2D eigenvalue weighted by molar-refractivity contribution is 7.91. The van der Waals surface area contributed by atoms with Crippen LogP contribution in [-0.2, 0) is 33.8 Å². The molecular weight excluding hydrogens is 653 g/mol. The molecule has 47 heavy (non-hydrogen) atoms. The molecule has 0 bridgehead atoms. The Morgan fingerprint density at radius 2 is 1.74 bits per heavy atom. The number of carboxylic acid groups (broad SMARTS) is 1. The predicted octanol–water partition coefficient (Wildman–Crippen LogP) is 3.42. The number of nitrogens with zero attached hydrogens (tertiary/aromatic N) is 2. The van der Waals surface area contributed by atoms with E-state index in [0.717, 1.165) is 34.5 Å². The number of unbranched alkanes of at least 4 members (excludes halogenated alkanes) is 1. The first-order valence-electron chi connectivity index (χ1n) is 14.4. The smallest absolute Gasteiger partial charge is 0.432 e. The third-order valence-corrected chi connectivity index (χ3v) is 8.37. The second-order valence-corrected chi connectivity index (χ2v) is 13.0. The second-order valence-electron chi connectivity index (χ2n) is 10.8. The standard InChI is InChI=1S/C25H32F5N3O4S.C5H6N2O2/c1-2-3-7-38(36,37)15-21(31)24(35)33-22(11-17-9-19(26)12-20(27)10-17)23(34)14-32-13-16-5-4-6-18(8-16)25(28,29)30;1-4-2-6-7(3-4)5(8)9/h4-6,8-10,12,21-23,32,34H,2-3,7,11,13-15,31H2,1H3,(H,33,35);2-3H,1H3,(H,8,9). The van der Waals surface area contributed by atoms with Crippen molar-refractivity contribution in [2.45, 2.75) is 64.0 Å². The molecule has 1 aromatic heterocycles. The molecule has 0 spiro atoms. The van der Waals surface area contributed by atoms with Crippen molar-refractivity contribution in [2.75, 3.05) is 18.1 Å². The van der Waals surface area contributed by atoms with Gasteiger partial charge in [-0.1, -0.05) is 31.5 Å². The topological polar surface area (TPSA) is 177 Å². The van der Waals surface area contributed by atoms with E-state index >= 15 is 0 Å². The maximum absolute atomic E-state index is 13.7. The Morgan fingerprint density at radius 1 is 1.09 bits per heavy atom. The third-order valence-electron chi connectivity index (χ3n) is 6.59. The van der Waals surface area contributed by atoms with Crippen molar-refractivity contribution in [1.82, 2.24) is 20.4 Å². The molecule has 0 radical (unpaired) electrons. The van der Waals surface area contributed by atoms with Crippen LogP contribution < -0.4 is 16.4 Å². The lowest BCUT2D eigenvalue weighted by Gasteiger charge is -2.26. The number of halogens is 5. The van der Waals surface area contributed by atoms with Gasteiger partial charge in [0.2, 0.25) is 5.91 Å². The quantitative estimate of drug-likeness (QED) is 0.159. The Kier molecular flexibility index (Phi) is 14.9. The SMILES string of the molecule is CCCCS(=O)(=O)CC(N)C(=O)NC(Cc1cc(F)cc(F)c1)C(O)CNCc1cccc(C(F)(F)F)c1.Cc1cnn(C(=O)O)c1. The van der Waals surface area contributed by atoms with Crippen molar-refractivity contribution in [3.8, 4) is 0 Å². The summed E-state index contributed by atoms with van der Waals surface area (Å²) < 4.78 is 91.4. The number of aryl methyl sites for hydroxylation is 1. The van der Waals surface area contributed by atoms with Crippen LogP contribution in [-0.4, -0.2) is 76.6 Å². The summed E-state index contributed by atoms with van der Waals surface area (Å²) in [5.74, 6) is -3.39. The Hall–Kier alpha value is -3.93. The van der Waals surface area contributed by atoms with Crippen LogP contribution in [0, 0.1) is 18.6 Å². The zero-order chi connectivity index (χ0) is 35.4. The molecule has 17 heteroatoms. The van der Waals surface area contributed by atoms with Gasteiger partial charge in [-0.05, 0) is 54.7 Å². The second kappa shape index (κ2) is 17.8. The van der Waals surface area contributed by atoms with E-state index in [4.69, 9.17) is 10.8 Å². The van der Waals surface area contributed by atoms with Crippen molar-refractivity contribution in [3.63, 3.8) is 0 Å². The molecule has 1 amide bonds. The van der Waals surface area contributed by atoms with E-state index in [9.17, 15) is 45.1 Å². The Bertz CT molecular complexity index is 1560. The molecule has 0 aliphatic rings. The maximum atomic E-state index is 13.7. The molecule has 0 aliphatic heterocycles. The summed E-state index contributed by atoms with van der Waals surface area (Å²) in [7, 11) is -3.61. The molecule has 0 saturated heterocycles. The van der Waals surface area contributed by atoms with Gasteiger partial charge in [0.15, 0.2) is 9.84 Å². The third kappa shape index (κ3) is 14.2. The van der Waals surface area contributed by atoms with Crippen molar-refractivity contribution in [1.29, 1.82) is 0 Å².